The smallest absolute Gasteiger partial charge is 0.134 e. The zero-order valence-corrected chi connectivity index (χ0v) is 16.1. The number of piperidine rings is 1. The summed E-state index contributed by atoms with van der Waals surface area (Å²) in [7, 11) is 0. The monoisotopic (exact) mass is 380 g/mol. The van der Waals surface area contributed by atoms with E-state index in [9.17, 15) is 10.2 Å². The van der Waals surface area contributed by atoms with Gasteiger partial charge >= 0.3 is 0 Å². The normalized spacial score (nSPS) is 32.1. The van der Waals surface area contributed by atoms with Crippen LogP contribution >= 0.6 is 0 Å². The van der Waals surface area contributed by atoms with Crippen LogP contribution in [0.5, 0.6) is 0 Å². The lowest BCUT2D eigenvalue weighted by Crippen LogP contribution is -2.30. The number of rotatable bonds is 4. The lowest BCUT2D eigenvalue weighted by atomic mass is 9.95. The molecule has 6 nitrogen and oxygen atoms in total. The molecule has 0 amide bonds. The van der Waals surface area contributed by atoms with Gasteiger partial charge in [0.05, 0.1) is 6.10 Å². The Morgan fingerprint density at radius 3 is 2.43 bits per heavy atom. The SMILES string of the molecule is OC[C@@H]1[C@@H](c2ccccc2)[C@]12CN(c1cc(N3CCCCC3)ncn1)C[C@H]2O. The van der Waals surface area contributed by atoms with Crippen molar-refractivity contribution in [1.82, 2.24) is 9.97 Å². The second kappa shape index (κ2) is 7.01. The minimum Gasteiger partial charge on any atom is -0.396 e. The first-order valence-corrected chi connectivity index (χ1v) is 10.4. The van der Waals surface area contributed by atoms with Crippen LogP contribution in [0, 0.1) is 11.3 Å². The first-order chi connectivity index (χ1) is 13.7. The Hall–Kier alpha value is -2.18. The molecular weight excluding hydrogens is 352 g/mol. The summed E-state index contributed by atoms with van der Waals surface area (Å²) in [5.41, 5.74) is 0.922. The maximum atomic E-state index is 11.0. The summed E-state index contributed by atoms with van der Waals surface area (Å²) in [5, 5.41) is 21.0. The number of aliphatic hydroxyl groups excluding tert-OH is 2. The molecule has 2 N–H and O–H groups in total. The number of aliphatic hydroxyl groups is 2. The van der Waals surface area contributed by atoms with Crippen molar-refractivity contribution in [3.8, 4) is 0 Å². The molecule has 1 aromatic carbocycles. The van der Waals surface area contributed by atoms with Gasteiger partial charge in [0.25, 0.3) is 0 Å². The van der Waals surface area contributed by atoms with Crippen molar-refractivity contribution < 1.29 is 10.2 Å². The Labute approximate surface area is 165 Å². The molecule has 5 rings (SSSR count). The van der Waals surface area contributed by atoms with E-state index in [1.165, 1.54) is 24.8 Å². The third-order valence-corrected chi connectivity index (χ3v) is 7.04. The zero-order valence-electron chi connectivity index (χ0n) is 16.1. The second-order valence-corrected chi connectivity index (χ2v) is 8.47. The molecule has 28 heavy (non-hydrogen) atoms. The molecule has 1 aliphatic carbocycles. The summed E-state index contributed by atoms with van der Waals surface area (Å²) >= 11 is 0. The number of β-amino-alcohol motifs (C(OH)–C–C–N with tert-alkyl or cyclic N) is 1. The van der Waals surface area contributed by atoms with Gasteiger partial charge in [0, 0.05) is 44.3 Å². The van der Waals surface area contributed by atoms with Crippen LogP contribution in [-0.4, -0.2) is 59.1 Å². The molecular formula is C22H28N4O2. The van der Waals surface area contributed by atoms with Crippen LogP contribution < -0.4 is 9.80 Å². The van der Waals surface area contributed by atoms with Crippen LogP contribution in [0.25, 0.3) is 0 Å². The predicted octanol–water partition coefficient (Wildman–Crippen LogP) is 2.04. The van der Waals surface area contributed by atoms with Gasteiger partial charge in [0.1, 0.15) is 18.0 Å². The van der Waals surface area contributed by atoms with Gasteiger partial charge in [-0.15, -0.1) is 0 Å². The molecule has 2 saturated heterocycles. The first-order valence-electron chi connectivity index (χ1n) is 10.4. The van der Waals surface area contributed by atoms with Gasteiger partial charge in [0.15, 0.2) is 0 Å². The highest BCUT2D eigenvalue weighted by atomic mass is 16.3. The van der Waals surface area contributed by atoms with Crippen molar-refractivity contribution in [1.29, 1.82) is 0 Å². The van der Waals surface area contributed by atoms with E-state index in [4.69, 9.17) is 0 Å². The summed E-state index contributed by atoms with van der Waals surface area (Å²) in [4.78, 5) is 13.5. The van der Waals surface area contributed by atoms with E-state index >= 15 is 0 Å². The number of hydrogen-bond acceptors (Lipinski definition) is 6. The van der Waals surface area contributed by atoms with Crippen molar-refractivity contribution in [2.75, 3.05) is 42.6 Å². The maximum Gasteiger partial charge on any atom is 0.134 e. The molecule has 4 atom stereocenters. The van der Waals surface area contributed by atoms with Crippen LogP contribution in [0.1, 0.15) is 30.7 Å². The summed E-state index contributed by atoms with van der Waals surface area (Å²) in [6.07, 6.45) is 4.88. The van der Waals surface area contributed by atoms with Crippen LogP contribution in [0.4, 0.5) is 11.6 Å². The van der Waals surface area contributed by atoms with Crippen LogP contribution in [-0.2, 0) is 0 Å². The summed E-state index contributed by atoms with van der Waals surface area (Å²) in [6.45, 7) is 3.47. The summed E-state index contributed by atoms with van der Waals surface area (Å²) in [6, 6.07) is 12.3. The van der Waals surface area contributed by atoms with Crippen LogP contribution in [0.3, 0.4) is 0 Å². The molecule has 0 bridgehead atoms. The Morgan fingerprint density at radius 1 is 1.00 bits per heavy atom. The minimum absolute atomic E-state index is 0.0957. The van der Waals surface area contributed by atoms with E-state index in [1.807, 2.05) is 18.2 Å². The third-order valence-electron chi connectivity index (χ3n) is 7.04. The van der Waals surface area contributed by atoms with E-state index in [0.717, 1.165) is 31.3 Å². The van der Waals surface area contributed by atoms with E-state index < -0.39 is 6.10 Å². The predicted molar refractivity (Wildman–Crippen MR) is 109 cm³/mol. The molecule has 3 aliphatic rings. The van der Waals surface area contributed by atoms with Gasteiger partial charge in [-0.1, -0.05) is 30.3 Å². The van der Waals surface area contributed by atoms with E-state index in [1.54, 1.807) is 6.33 Å². The average Bonchev–Trinajstić information content (AvgIpc) is 3.30. The Balaban J connectivity index is 1.39. The minimum atomic E-state index is -0.469. The largest absolute Gasteiger partial charge is 0.396 e. The zero-order chi connectivity index (χ0) is 19.1. The van der Waals surface area contributed by atoms with Gasteiger partial charge in [-0.3, -0.25) is 0 Å². The molecule has 1 aromatic heterocycles. The molecule has 1 spiro atoms. The molecule has 0 radical (unpaired) electrons. The molecule has 6 heteroatoms. The van der Waals surface area contributed by atoms with Crippen molar-refractivity contribution in [3.05, 3.63) is 48.3 Å². The lowest BCUT2D eigenvalue weighted by molar-refractivity contribution is 0.113. The van der Waals surface area contributed by atoms with Crippen LogP contribution in [0.2, 0.25) is 0 Å². The quantitative estimate of drug-likeness (QED) is 0.846. The van der Waals surface area contributed by atoms with Gasteiger partial charge in [-0.2, -0.15) is 0 Å². The van der Waals surface area contributed by atoms with Gasteiger partial charge in [-0.25, -0.2) is 9.97 Å². The topological polar surface area (TPSA) is 72.7 Å². The highest BCUT2D eigenvalue weighted by Crippen LogP contribution is 2.68. The van der Waals surface area contributed by atoms with E-state index in [-0.39, 0.29) is 23.9 Å². The molecule has 2 aliphatic heterocycles. The van der Waals surface area contributed by atoms with E-state index in [2.05, 4.69) is 38.0 Å². The highest BCUT2D eigenvalue weighted by molar-refractivity contribution is 5.53. The lowest BCUT2D eigenvalue weighted by Gasteiger charge is -2.28. The maximum absolute atomic E-state index is 11.0. The second-order valence-electron chi connectivity index (χ2n) is 8.47. The average molecular weight is 380 g/mol. The number of benzene rings is 1. The number of hydrogen-bond donors (Lipinski definition) is 2. The molecule has 3 fully saturated rings. The van der Waals surface area contributed by atoms with Crippen molar-refractivity contribution in [3.63, 3.8) is 0 Å². The van der Waals surface area contributed by atoms with Crippen molar-refractivity contribution in [2.45, 2.75) is 31.3 Å². The molecule has 148 valence electrons. The van der Waals surface area contributed by atoms with Gasteiger partial charge in [0.2, 0.25) is 0 Å². The van der Waals surface area contributed by atoms with Gasteiger partial charge in [-0.05, 0) is 36.7 Å². The Kier molecular flexibility index (Phi) is 4.48. The Morgan fingerprint density at radius 2 is 1.71 bits per heavy atom. The third kappa shape index (κ3) is 2.78. The van der Waals surface area contributed by atoms with Gasteiger partial charge < -0.3 is 20.0 Å². The van der Waals surface area contributed by atoms with Crippen molar-refractivity contribution in [2.24, 2.45) is 11.3 Å². The number of nitrogens with zero attached hydrogens (tertiary/aromatic N) is 4. The van der Waals surface area contributed by atoms with E-state index in [0.29, 0.717) is 6.54 Å². The first kappa shape index (κ1) is 17.9. The standard InChI is InChI=1S/C22H28N4O2/c27-13-17-21(16-7-3-1-4-8-16)22(17)14-26(12-18(22)28)20-11-19(23-15-24-20)25-9-5-2-6-10-25/h1,3-4,7-8,11,15,17-18,21,27-28H,2,5-6,9-10,12-14H2/t17-,18-,21-,22-/m1/s1. The van der Waals surface area contributed by atoms with Crippen LogP contribution in [0.15, 0.2) is 42.7 Å². The molecule has 2 aromatic rings. The fourth-order valence-corrected chi connectivity index (χ4v) is 5.55. The molecule has 1 saturated carbocycles. The summed E-state index contributed by atoms with van der Waals surface area (Å²) in [5.74, 6) is 2.15. The fourth-order valence-electron chi connectivity index (χ4n) is 5.55. The highest BCUT2D eigenvalue weighted by Gasteiger charge is 2.71. The Bertz CT molecular complexity index is 826. The number of aromatic nitrogens is 2. The fraction of sp³-hybridized carbons (Fsp3) is 0.545. The molecule has 3 heterocycles. The van der Waals surface area contributed by atoms with Crippen molar-refractivity contribution >= 4 is 11.6 Å². The summed E-state index contributed by atoms with van der Waals surface area (Å²) < 4.78 is 0. The molecule has 0 unspecified atom stereocenters. The number of anilines is 2.